The average molecular weight is 347 g/mol. The SMILES string of the molecule is C[C@]12N[C@H]3c4ccccc4NC(=O)[C@H]3[C@H]1C(=O)N(c1ccccc1)C2=O. The number of benzene rings is 2. The molecule has 2 fully saturated rings. The first-order valence-electron chi connectivity index (χ1n) is 8.63. The quantitative estimate of drug-likeness (QED) is 0.772. The van der Waals surface area contributed by atoms with Gasteiger partial charge in [-0.15, -0.1) is 0 Å². The Hall–Kier alpha value is -2.99. The molecule has 0 unspecified atom stereocenters. The Labute approximate surface area is 150 Å². The largest absolute Gasteiger partial charge is 0.325 e. The van der Waals surface area contributed by atoms with Gasteiger partial charge in [0, 0.05) is 11.7 Å². The molecule has 0 saturated carbocycles. The number of imide groups is 1. The molecule has 3 heterocycles. The van der Waals surface area contributed by atoms with Gasteiger partial charge in [0.05, 0.1) is 17.5 Å². The van der Waals surface area contributed by atoms with Gasteiger partial charge >= 0.3 is 0 Å². The lowest BCUT2D eigenvalue weighted by atomic mass is 9.78. The molecular weight excluding hydrogens is 330 g/mol. The topological polar surface area (TPSA) is 78.5 Å². The molecule has 6 nitrogen and oxygen atoms in total. The maximum Gasteiger partial charge on any atom is 0.254 e. The van der Waals surface area contributed by atoms with Crippen molar-refractivity contribution >= 4 is 29.1 Å². The highest BCUT2D eigenvalue weighted by Crippen LogP contribution is 2.52. The van der Waals surface area contributed by atoms with Crippen molar-refractivity contribution in [2.45, 2.75) is 18.5 Å². The van der Waals surface area contributed by atoms with E-state index >= 15 is 0 Å². The molecule has 0 bridgehead atoms. The van der Waals surface area contributed by atoms with Crippen LogP contribution in [0.4, 0.5) is 11.4 Å². The second-order valence-corrected chi connectivity index (χ2v) is 7.22. The highest BCUT2D eigenvalue weighted by molar-refractivity contribution is 6.27. The summed E-state index contributed by atoms with van der Waals surface area (Å²) in [5.74, 6) is -2.18. The second kappa shape index (κ2) is 5.02. The minimum absolute atomic E-state index is 0.217. The minimum atomic E-state index is -1.10. The molecule has 2 aromatic carbocycles. The normalized spacial score (nSPS) is 32.1. The van der Waals surface area contributed by atoms with E-state index in [0.29, 0.717) is 5.69 Å². The van der Waals surface area contributed by atoms with Crippen LogP contribution in [0.3, 0.4) is 0 Å². The molecule has 2 saturated heterocycles. The number of rotatable bonds is 1. The minimum Gasteiger partial charge on any atom is -0.325 e. The number of nitrogens with one attached hydrogen (secondary N) is 2. The van der Waals surface area contributed by atoms with Crippen molar-refractivity contribution in [3.8, 4) is 0 Å². The Balaban J connectivity index is 1.62. The predicted molar refractivity (Wildman–Crippen MR) is 95.3 cm³/mol. The molecule has 4 atom stereocenters. The van der Waals surface area contributed by atoms with Crippen LogP contribution in [0.2, 0.25) is 0 Å². The van der Waals surface area contributed by atoms with E-state index in [1.165, 1.54) is 4.90 Å². The zero-order chi connectivity index (χ0) is 18.1. The van der Waals surface area contributed by atoms with Crippen LogP contribution in [0.25, 0.3) is 0 Å². The van der Waals surface area contributed by atoms with E-state index in [2.05, 4.69) is 10.6 Å². The number of fused-ring (bicyclic) bond motifs is 5. The Bertz CT molecular complexity index is 958. The molecule has 3 amide bonds. The first-order chi connectivity index (χ1) is 12.5. The number of carbonyl (C=O) groups is 3. The Kier molecular flexibility index (Phi) is 2.95. The summed E-state index contributed by atoms with van der Waals surface area (Å²) in [4.78, 5) is 40.4. The van der Waals surface area contributed by atoms with Gasteiger partial charge in [0.15, 0.2) is 0 Å². The molecule has 26 heavy (non-hydrogen) atoms. The number of para-hydroxylation sites is 2. The van der Waals surface area contributed by atoms with Crippen LogP contribution in [0, 0.1) is 11.8 Å². The lowest BCUT2D eigenvalue weighted by molar-refractivity contribution is -0.129. The van der Waals surface area contributed by atoms with Crippen molar-refractivity contribution < 1.29 is 14.4 Å². The summed E-state index contributed by atoms with van der Waals surface area (Å²) >= 11 is 0. The van der Waals surface area contributed by atoms with E-state index in [1.54, 1.807) is 31.2 Å². The third-order valence-corrected chi connectivity index (χ3v) is 5.80. The molecule has 0 radical (unpaired) electrons. The summed E-state index contributed by atoms with van der Waals surface area (Å²) in [7, 11) is 0. The fourth-order valence-electron chi connectivity index (χ4n) is 4.61. The van der Waals surface area contributed by atoms with Gasteiger partial charge < -0.3 is 5.32 Å². The first kappa shape index (κ1) is 15.3. The van der Waals surface area contributed by atoms with Gasteiger partial charge in [0.2, 0.25) is 11.8 Å². The summed E-state index contributed by atoms with van der Waals surface area (Å²) in [5, 5.41) is 6.22. The van der Waals surface area contributed by atoms with Gasteiger partial charge in [-0.05, 0) is 30.7 Å². The van der Waals surface area contributed by atoms with Crippen LogP contribution in [-0.2, 0) is 14.4 Å². The summed E-state index contributed by atoms with van der Waals surface area (Å²) in [6, 6.07) is 16.0. The number of hydrogen-bond donors (Lipinski definition) is 2. The lowest BCUT2D eigenvalue weighted by Gasteiger charge is -2.30. The molecule has 2 N–H and O–H groups in total. The number of amides is 3. The Morgan fingerprint density at radius 2 is 1.65 bits per heavy atom. The van der Waals surface area contributed by atoms with Crippen LogP contribution in [0.15, 0.2) is 54.6 Å². The number of hydrogen-bond acceptors (Lipinski definition) is 4. The Morgan fingerprint density at radius 1 is 0.962 bits per heavy atom. The Morgan fingerprint density at radius 3 is 2.42 bits per heavy atom. The summed E-state index contributed by atoms with van der Waals surface area (Å²) in [6.07, 6.45) is 0. The lowest BCUT2D eigenvalue weighted by Crippen LogP contribution is -2.48. The van der Waals surface area contributed by atoms with Gasteiger partial charge in [-0.2, -0.15) is 0 Å². The molecule has 5 rings (SSSR count). The van der Waals surface area contributed by atoms with E-state index in [1.807, 2.05) is 30.3 Å². The fourth-order valence-corrected chi connectivity index (χ4v) is 4.61. The average Bonchev–Trinajstić information content (AvgIpc) is 3.06. The maximum atomic E-state index is 13.2. The standard InChI is InChI=1S/C20H17N3O3/c1-20-15(18(25)23(19(20)26)11-7-3-2-4-8-11)14-16(22-20)12-9-5-6-10-13(12)21-17(14)24/h2-10,14-16,22H,1H3,(H,21,24)/t14-,15-,16-,20-/m0/s1. The van der Waals surface area contributed by atoms with Crippen LogP contribution in [0.1, 0.15) is 18.5 Å². The van der Waals surface area contributed by atoms with Gasteiger partial charge in [-0.1, -0.05) is 36.4 Å². The van der Waals surface area contributed by atoms with Crippen LogP contribution < -0.4 is 15.5 Å². The van der Waals surface area contributed by atoms with Crippen molar-refractivity contribution in [1.82, 2.24) is 5.32 Å². The van der Waals surface area contributed by atoms with Gasteiger partial charge in [0.25, 0.3) is 5.91 Å². The maximum absolute atomic E-state index is 13.2. The van der Waals surface area contributed by atoms with Crippen molar-refractivity contribution in [2.75, 3.05) is 10.2 Å². The van der Waals surface area contributed by atoms with Crippen molar-refractivity contribution in [3.05, 3.63) is 60.2 Å². The van der Waals surface area contributed by atoms with E-state index in [0.717, 1.165) is 11.3 Å². The zero-order valence-corrected chi connectivity index (χ0v) is 14.1. The van der Waals surface area contributed by atoms with E-state index in [-0.39, 0.29) is 23.8 Å². The van der Waals surface area contributed by atoms with E-state index in [4.69, 9.17) is 0 Å². The fraction of sp³-hybridized carbons (Fsp3) is 0.250. The van der Waals surface area contributed by atoms with Gasteiger partial charge in [-0.3, -0.25) is 19.7 Å². The number of nitrogens with zero attached hydrogens (tertiary/aromatic N) is 1. The zero-order valence-electron chi connectivity index (χ0n) is 14.1. The summed E-state index contributed by atoms with van der Waals surface area (Å²) < 4.78 is 0. The molecule has 0 aliphatic carbocycles. The molecule has 0 aromatic heterocycles. The molecule has 130 valence electrons. The highest BCUT2D eigenvalue weighted by atomic mass is 16.2. The van der Waals surface area contributed by atoms with Crippen molar-refractivity contribution in [3.63, 3.8) is 0 Å². The molecule has 2 aromatic rings. The monoisotopic (exact) mass is 347 g/mol. The third-order valence-electron chi connectivity index (χ3n) is 5.80. The predicted octanol–water partition coefficient (Wildman–Crippen LogP) is 1.85. The summed E-state index contributed by atoms with van der Waals surface area (Å²) in [6.45, 7) is 1.73. The van der Waals surface area contributed by atoms with Crippen molar-refractivity contribution in [2.24, 2.45) is 11.8 Å². The smallest absolute Gasteiger partial charge is 0.254 e. The summed E-state index contributed by atoms with van der Waals surface area (Å²) in [5.41, 5.74) is 1.08. The molecule has 3 aliphatic rings. The van der Waals surface area contributed by atoms with Crippen LogP contribution in [0.5, 0.6) is 0 Å². The van der Waals surface area contributed by atoms with Gasteiger partial charge in [0.1, 0.15) is 5.54 Å². The van der Waals surface area contributed by atoms with Crippen LogP contribution >= 0.6 is 0 Å². The molecular formula is C20H17N3O3. The highest BCUT2D eigenvalue weighted by Gasteiger charge is 2.68. The van der Waals surface area contributed by atoms with Crippen molar-refractivity contribution in [1.29, 1.82) is 0 Å². The number of carbonyl (C=O) groups excluding carboxylic acids is 3. The second-order valence-electron chi connectivity index (χ2n) is 7.22. The third kappa shape index (κ3) is 1.77. The molecule has 0 spiro atoms. The van der Waals surface area contributed by atoms with Gasteiger partial charge in [-0.25, -0.2) is 4.90 Å². The number of anilines is 2. The molecule has 6 heteroatoms. The van der Waals surface area contributed by atoms with Crippen LogP contribution in [-0.4, -0.2) is 23.3 Å². The van der Waals surface area contributed by atoms with E-state index < -0.39 is 17.4 Å². The first-order valence-corrected chi connectivity index (χ1v) is 8.63. The van der Waals surface area contributed by atoms with E-state index in [9.17, 15) is 14.4 Å². The molecule has 3 aliphatic heterocycles.